The normalized spacial score (nSPS) is 14.0. The van der Waals surface area contributed by atoms with E-state index in [1.807, 2.05) is 71.6 Å². The molecule has 1 amide bonds. The number of carbonyl (C=O) groups excluding carboxylic acids is 1. The molecule has 0 aromatic heterocycles. The summed E-state index contributed by atoms with van der Waals surface area (Å²) in [5.74, 6) is 0.0929. The zero-order valence-corrected chi connectivity index (χ0v) is 17.0. The maximum Gasteiger partial charge on any atom is 0.253 e. The molecule has 1 aliphatic rings. The van der Waals surface area contributed by atoms with E-state index < -0.39 is 0 Å². The third-order valence-electron chi connectivity index (χ3n) is 5.26. The van der Waals surface area contributed by atoms with Gasteiger partial charge < -0.3 is 15.1 Å². The van der Waals surface area contributed by atoms with E-state index in [0.29, 0.717) is 6.54 Å². The number of benzene rings is 3. The molecule has 1 aliphatic heterocycles. The molecule has 0 unspecified atom stereocenters. The van der Waals surface area contributed by atoms with Crippen LogP contribution < -0.4 is 10.2 Å². The molecule has 1 saturated heterocycles. The molecule has 3 aromatic rings. The van der Waals surface area contributed by atoms with Crippen molar-refractivity contribution < 1.29 is 4.79 Å². The summed E-state index contributed by atoms with van der Waals surface area (Å²) in [5, 5.41) is 4.11. The molecule has 0 saturated carbocycles. The quantitative estimate of drug-likeness (QED) is 0.654. The van der Waals surface area contributed by atoms with E-state index in [9.17, 15) is 4.79 Å². The van der Waals surface area contributed by atoms with Crippen LogP contribution in [0, 0.1) is 0 Å². The molecule has 148 valence electrons. The van der Waals surface area contributed by atoms with Crippen molar-refractivity contribution in [2.75, 3.05) is 36.4 Å². The van der Waals surface area contributed by atoms with Crippen LogP contribution in [0.2, 0.25) is 5.02 Å². The minimum absolute atomic E-state index is 0.0929. The smallest absolute Gasteiger partial charge is 0.253 e. The monoisotopic (exact) mass is 405 g/mol. The number of rotatable bonds is 5. The molecule has 4 rings (SSSR count). The Kier molecular flexibility index (Phi) is 6.01. The predicted octanol–water partition coefficient (Wildman–Crippen LogP) is 4.91. The fourth-order valence-corrected chi connectivity index (χ4v) is 3.76. The fourth-order valence-electron chi connectivity index (χ4n) is 3.56. The number of nitrogens with zero attached hydrogens (tertiary/aromatic N) is 2. The van der Waals surface area contributed by atoms with Crippen molar-refractivity contribution in [2.45, 2.75) is 6.54 Å². The molecule has 4 nitrogen and oxygen atoms in total. The SMILES string of the molecule is O=C(c1ccc(NCc2ccccc2Cl)cc1)N1CCN(c2ccccc2)CC1. The van der Waals surface area contributed by atoms with Crippen molar-refractivity contribution >= 4 is 28.9 Å². The van der Waals surface area contributed by atoms with Crippen molar-refractivity contribution in [2.24, 2.45) is 0 Å². The molecule has 0 radical (unpaired) electrons. The number of carbonyl (C=O) groups is 1. The second kappa shape index (κ2) is 9.01. The van der Waals surface area contributed by atoms with E-state index in [1.54, 1.807) is 0 Å². The van der Waals surface area contributed by atoms with Crippen molar-refractivity contribution in [3.63, 3.8) is 0 Å². The Morgan fingerprint density at radius 3 is 2.17 bits per heavy atom. The summed E-state index contributed by atoms with van der Waals surface area (Å²) >= 11 is 6.20. The van der Waals surface area contributed by atoms with Gasteiger partial charge >= 0.3 is 0 Å². The van der Waals surface area contributed by atoms with Gasteiger partial charge in [-0.15, -0.1) is 0 Å². The molecule has 1 heterocycles. The number of piperazine rings is 1. The van der Waals surface area contributed by atoms with Gasteiger partial charge in [-0.05, 0) is 48.0 Å². The molecule has 0 aliphatic carbocycles. The highest BCUT2D eigenvalue weighted by molar-refractivity contribution is 6.31. The number of hydrogen-bond donors (Lipinski definition) is 1. The molecule has 1 fully saturated rings. The van der Waals surface area contributed by atoms with Crippen molar-refractivity contribution in [3.05, 3.63) is 95.0 Å². The van der Waals surface area contributed by atoms with Crippen molar-refractivity contribution in [1.82, 2.24) is 4.90 Å². The highest BCUT2D eigenvalue weighted by Crippen LogP contribution is 2.19. The Hall–Kier alpha value is -2.98. The Morgan fingerprint density at radius 2 is 1.48 bits per heavy atom. The van der Waals surface area contributed by atoms with Gasteiger partial charge in [0.1, 0.15) is 0 Å². The van der Waals surface area contributed by atoms with Crippen LogP contribution in [0.1, 0.15) is 15.9 Å². The van der Waals surface area contributed by atoms with Gasteiger partial charge in [0.15, 0.2) is 0 Å². The molecule has 5 heteroatoms. The first-order chi connectivity index (χ1) is 14.2. The zero-order valence-electron chi connectivity index (χ0n) is 16.2. The average molecular weight is 406 g/mol. The molecule has 1 N–H and O–H groups in total. The van der Waals surface area contributed by atoms with E-state index >= 15 is 0 Å². The number of para-hydroxylation sites is 1. The van der Waals surface area contributed by atoms with Gasteiger partial charge in [0, 0.05) is 54.7 Å². The van der Waals surface area contributed by atoms with Crippen LogP contribution in [0.5, 0.6) is 0 Å². The predicted molar refractivity (Wildman–Crippen MR) is 120 cm³/mol. The first-order valence-corrected chi connectivity index (χ1v) is 10.2. The van der Waals surface area contributed by atoms with Crippen LogP contribution in [-0.4, -0.2) is 37.0 Å². The fraction of sp³-hybridized carbons (Fsp3) is 0.208. The van der Waals surface area contributed by atoms with E-state index in [1.165, 1.54) is 5.69 Å². The number of hydrogen-bond acceptors (Lipinski definition) is 3. The largest absolute Gasteiger partial charge is 0.381 e. The highest BCUT2D eigenvalue weighted by Gasteiger charge is 2.22. The highest BCUT2D eigenvalue weighted by atomic mass is 35.5. The summed E-state index contributed by atoms with van der Waals surface area (Å²) < 4.78 is 0. The van der Waals surface area contributed by atoms with Crippen LogP contribution in [0.15, 0.2) is 78.9 Å². The minimum Gasteiger partial charge on any atom is -0.381 e. The number of amides is 1. The maximum absolute atomic E-state index is 12.8. The van der Waals surface area contributed by atoms with Crippen LogP contribution in [0.3, 0.4) is 0 Å². The average Bonchev–Trinajstić information content (AvgIpc) is 2.79. The van der Waals surface area contributed by atoms with Crippen molar-refractivity contribution in [3.8, 4) is 0 Å². The van der Waals surface area contributed by atoms with Gasteiger partial charge in [-0.1, -0.05) is 48.0 Å². The standard InChI is InChI=1S/C24H24ClN3O/c25-23-9-5-4-6-20(23)18-26-21-12-10-19(11-13-21)24(29)28-16-14-27(15-17-28)22-7-2-1-3-8-22/h1-13,26H,14-18H2. The number of nitrogens with one attached hydrogen (secondary N) is 1. The summed E-state index contributed by atoms with van der Waals surface area (Å²) in [7, 11) is 0. The maximum atomic E-state index is 12.8. The van der Waals surface area contributed by atoms with Gasteiger partial charge in [0.25, 0.3) is 5.91 Å². The lowest BCUT2D eigenvalue weighted by atomic mass is 10.1. The summed E-state index contributed by atoms with van der Waals surface area (Å²) in [5.41, 5.74) is 3.95. The third-order valence-corrected chi connectivity index (χ3v) is 5.63. The third kappa shape index (κ3) is 4.72. The Labute approximate surface area is 176 Å². The summed E-state index contributed by atoms with van der Waals surface area (Å²) in [6.45, 7) is 3.83. The summed E-state index contributed by atoms with van der Waals surface area (Å²) in [6.07, 6.45) is 0. The Balaban J connectivity index is 1.32. The second-order valence-electron chi connectivity index (χ2n) is 7.14. The first kappa shape index (κ1) is 19.3. The lowest BCUT2D eigenvalue weighted by Crippen LogP contribution is -2.48. The van der Waals surface area contributed by atoms with Crippen LogP contribution in [0.4, 0.5) is 11.4 Å². The molecular formula is C24H24ClN3O. The van der Waals surface area contributed by atoms with Gasteiger partial charge in [0.2, 0.25) is 0 Å². The minimum atomic E-state index is 0.0929. The Bertz CT molecular complexity index is 951. The van der Waals surface area contributed by atoms with Gasteiger partial charge in [-0.3, -0.25) is 4.79 Å². The zero-order chi connectivity index (χ0) is 20.1. The number of halogens is 1. The van der Waals surface area contributed by atoms with E-state index in [4.69, 9.17) is 11.6 Å². The molecule has 3 aromatic carbocycles. The lowest BCUT2D eigenvalue weighted by Gasteiger charge is -2.36. The van der Waals surface area contributed by atoms with E-state index in [2.05, 4.69) is 22.3 Å². The first-order valence-electron chi connectivity index (χ1n) is 9.87. The van der Waals surface area contributed by atoms with Crippen LogP contribution in [0.25, 0.3) is 0 Å². The van der Waals surface area contributed by atoms with E-state index in [-0.39, 0.29) is 5.91 Å². The summed E-state index contributed by atoms with van der Waals surface area (Å²) in [6, 6.07) is 25.8. The second-order valence-corrected chi connectivity index (χ2v) is 7.54. The van der Waals surface area contributed by atoms with Crippen LogP contribution >= 0.6 is 11.6 Å². The summed E-state index contributed by atoms with van der Waals surface area (Å²) in [4.78, 5) is 17.1. The van der Waals surface area contributed by atoms with Gasteiger partial charge in [-0.2, -0.15) is 0 Å². The number of anilines is 2. The molecule has 29 heavy (non-hydrogen) atoms. The molecule has 0 bridgehead atoms. The van der Waals surface area contributed by atoms with Crippen molar-refractivity contribution in [1.29, 1.82) is 0 Å². The topological polar surface area (TPSA) is 35.6 Å². The molecule has 0 atom stereocenters. The lowest BCUT2D eigenvalue weighted by molar-refractivity contribution is 0.0747. The molecule has 0 spiro atoms. The van der Waals surface area contributed by atoms with Gasteiger partial charge in [-0.25, -0.2) is 0 Å². The van der Waals surface area contributed by atoms with Crippen LogP contribution in [-0.2, 0) is 6.54 Å². The molecular weight excluding hydrogens is 382 g/mol. The Morgan fingerprint density at radius 1 is 0.828 bits per heavy atom. The van der Waals surface area contributed by atoms with Gasteiger partial charge in [0.05, 0.1) is 0 Å². The van der Waals surface area contributed by atoms with E-state index in [0.717, 1.165) is 48.0 Å².